The van der Waals surface area contributed by atoms with Gasteiger partial charge in [-0.05, 0) is 18.1 Å². The fraction of sp³-hybridized carbons (Fsp3) is 0.889. The maximum Gasteiger partial charge on any atom is 0.389 e. The predicted molar refractivity (Wildman–Crippen MR) is 54.0 cm³/mol. The molecule has 0 rings (SSSR count). The lowest BCUT2D eigenvalue weighted by Gasteiger charge is -2.15. The van der Waals surface area contributed by atoms with Gasteiger partial charge in [-0.2, -0.15) is 13.2 Å². The van der Waals surface area contributed by atoms with Gasteiger partial charge in [0.25, 0.3) is 0 Å². The van der Waals surface area contributed by atoms with E-state index in [-0.39, 0.29) is 18.1 Å². The summed E-state index contributed by atoms with van der Waals surface area (Å²) < 4.78 is 35.3. The zero-order valence-electron chi connectivity index (χ0n) is 8.67. The minimum Gasteiger partial charge on any atom is -0.480 e. The number of carboxylic acids is 1. The molecule has 0 fully saturated rings. The van der Waals surface area contributed by atoms with Crippen LogP contribution in [0.2, 0.25) is 0 Å². The molecule has 1 unspecified atom stereocenters. The number of halogens is 3. The summed E-state index contributed by atoms with van der Waals surface area (Å²) in [4.78, 5) is 10.7. The van der Waals surface area contributed by atoms with E-state index in [0.717, 1.165) is 11.8 Å². The van der Waals surface area contributed by atoms with Crippen LogP contribution < -0.4 is 0 Å². The van der Waals surface area contributed by atoms with E-state index >= 15 is 0 Å². The van der Waals surface area contributed by atoms with Crippen LogP contribution in [0, 0.1) is 5.92 Å². The van der Waals surface area contributed by atoms with E-state index in [0.29, 0.717) is 0 Å². The maximum atomic E-state index is 11.8. The highest BCUT2D eigenvalue weighted by molar-refractivity contribution is 8.00. The highest BCUT2D eigenvalue weighted by Gasteiger charge is 2.27. The third-order valence-corrected chi connectivity index (χ3v) is 3.38. The molecule has 0 aromatic carbocycles. The van der Waals surface area contributed by atoms with Gasteiger partial charge < -0.3 is 5.11 Å². The number of thioether (sulfide) groups is 1. The van der Waals surface area contributed by atoms with Crippen LogP contribution in [0.1, 0.15) is 26.7 Å². The van der Waals surface area contributed by atoms with Gasteiger partial charge in [0.2, 0.25) is 0 Å². The van der Waals surface area contributed by atoms with Gasteiger partial charge in [0.1, 0.15) is 5.25 Å². The standard InChI is InChI=1S/C9H15F3O2S/c1-6(2)7(8(13)14)15-5-3-4-9(10,11)12/h6-7H,3-5H2,1-2H3,(H,13,14). The first kappa shape index (κ1) is 14.6. The molecule has 0 aliphatic heterocycles. The predicted octanol–water partition coefficient (Wildman–Crippen LogP) is 3.17. The second kappa shape index (κ2) is 6.25. The lowest BCUT2D eigenvalue weighted by molar-refractivity contribution is -0.137. The van der Waals surface area contributed by atoms with E-state index in [1.807, 2.05) is 0 Å². The van der Waals surface area contributed by atoms with E-state index in [2.05, 4.69) is 0 Å². The summed E-state index contributed by atoms with van der Waals surface area (Å²) in [5.74, 6) is -0.797. The van der Waals surface area contributed by atoms with Gasteiger partial charge in [0.15, 0.2) is 0 Å². The lowest BCUT2D eigenvalue weighted by Crippen LogP contribution is -2.23. The highest BCUT2D eigenvalue weighted by atomic mass is 32.2. The van der Waals surface area contributed by atoms with E-state index in [1.165, 1.54) is 0 Å². The van der Waals surface area contributed by atoms with Crippen molar-refractivity contribution in [2.45, 2.75) is 38.1 Å². The third kappa shape index (κ3) is 7.53. The number of hydrogen-bond donors (Lipinski definition) is 1. The van der Waals surface area contributed by atoms with E-state index in [1.54, 1.807) is 13.8 Å². The van der Waals surface area contributed by atoms with Gasteiger partial charge in [-0.25, -0.2) is 0 Å². The summed E-state index contributed by atoms with van der Waals surface area (Å²) in [6.07, 6.45) is -5.01. The molecule has 0 aromatic rings. The number of aliphatic carboxylic acids is 1. The fourth-order valence-corrected chi connectivity index (χ4v) is 2.12. The number of rotatable bonds is 6. The van der Waals surface area contributed by atoms with Gasteiger partial charge >= 0.3 is 12.1 Å². The molecule has 90 valence electrons. The number of hydrogen-bond acceptors (Lipinski definition) is 2. The normalized spacial score (nSPS) is 14.3. The smallest absolute Gasteiger partial charge is 0.389 e. The van der Waals surface area contributed by atoms with Crippen LogP contribution in [-0.2, 0) is 4.79 Å². The fourth-order valence-electron chi connectivity index (χ4n) is 1.03. The Kier molecular flexibility index (Phi) is 6.09. The van der Waals surface area contributed by atoms with E-state index in [4.69, 9.17) is 5.11 Å². The molecule has 1 atom stereocenters. The van der Waals surface area contributed by atoms with Crippen LogP contribution in [-0.4, -0.2) is 28.3 Å². The van der Waals surface area contributed by atoms with Crippen LogP contribution in [0.3, 0.4) is 0 Å². The van der Waals surface area contributed by atoms with Gasteiger partial charge in [-0.3, -0.25) is 4.79 Å². The molecule has 0 radical (unpaired) electrons. The van der Waals surface area contributed by atoms with Crippen molar-refractivity contribution in [3.63, 3.8) is 0 Å². The molecule has 0 heterocycles. The summed E-state index contributed by atoms with van der Waals surface area (Å²) in [6.45, 7) is 3.49. The second-order valence-electron chi connectivity index (χ2n) is 3.59. The lowest BCUT2D eigenvalue weighted by atomic mass is 10.1. The summed E-state index contributed by atoms with van der Waals surface area (Å²) in [5, 5.41) is 8.15. The first-order valence-electron chi connectivity index (χ1n) is 4.65. The Labute approximate surface area is 91.2 Å². The number of carbonyl (C=O) groups is 1. The minimum atomic E-state index is -4.14. The van der Waals surface area contributed by atoms with Crippen molar-refractivity contribution in [3.8, 4) is 0 Å². The van der Waals surface area contributed by atoms with Gasteiger partial charge in [-0.15, -0.1) is 11.8 Å². The number of alkyl halides is 3. The molecule has 15 heavy (non-hydrogen) atoms. The number of carboxylic acid groups (broad SMARTS) is 1. The van der Waals surface area contributed by atoms with Crippen molar-refractivity contribution in [1.29, 1.82) is 0 Å². The molecule has 0 bridgehead atoms. The SMILES string of the molecule is CC(C)C(SCCCC(F)(F)F)C(=O)O. The first-order valence-corrected chi connectivity index (χ1v) is 5.70. The second-order valence-corrected chi connectivity index (χ2v) is 4.84. The van der Waals surface area contributed by atoms with Crippen molar-refractivity contribution >= 4 is 17.7 Å². The Balaban J connectivity index is 3.78. The third-order valence-electron chi connectivity index (χ3n) is 1.75. The van der Waals surface area contributed by atoms with Crippen molar-refractivity contribution in [2.75, 3.05) is 5.75 Å². The Hall–Kier alpha value is -0.390. The average Bonchev–Trinajstić information content (AvgIpc) is 2.00. The summed E-state index contributed by atoms with van der Waals surface area (Å²) >= 11 is 1.08. The Morgan fingerprint density at radius 3 is 2.27 bits per heavy atom. The zero-order chi connectivity index (χ0) is 12.1. The molecule has 0 saturated carbocycles. The van der Waals surface area contributed by atoms with Crippen LogP contribution in [0.4, 0.5) is 13.2 Å². The van der Waals surface area contributed by atoms with Crippen LogP contribution in [0.15, 0.2) is 0 Å². The van der Waals surface area contributed by atoms with Crippen LogP contribution in [0.5, 0.6) is 0 Å². The molecule has 0 saturated heterocycles. The molecule has 0 amide bonds. The van der Waals surface area contributed by atoms with E-state index < -0.39 is 23.8 Å². The summed E-state index contributed by atoms with van der Waals surface area (Å²) in [5.41, 5.74) is 0. The average molecular weight is 244 g/mol. The van der Waals surface area contributed by atoms with Crippen molar-refractivity contribution in [3.05, 3.63) is 0 Å². The molecule has 0 aromatic heterocycles. The molecule has 2 nitrogen and oxygen atoms in total. The zero-order valence-corrected chi connectivity index (χ0v) is 9.49. The Morgan fingerprint density at radius 2 is 1.93 bits per heavy atom. The molecule has 6 heteroatoms. The summed E-state index contributed by atoms with van der Waals surface area (Å²) in [6, 6.07) is 0. The summed E-state index contributed by atoms with van der Waals surface area (Å²) in [7, 11) is 0. The molecule has 0 aliphatic rings. The topological polar surface area (TPSA) is 37.3 Å². The van der Waals surface area contributed by atoms with Gasteiger partial charge in [-0.1, -0.05) is 13.8 Å². The van der Waals surface area contributed by atoms with Crippen molar-refractivity contribution < 1.29 is 23.1 Å². The minimum absolute atomic E-state index is 0.0231. The monoisotopic (exact) mass is 244 g/mol. The van der Waals surface area contributed by atoms with Crippen molar-refractivity contribution in [1.82, 2.24) is 0 Å². The Morgan fingerprint density at radius 1 is 1.40 bits per heavy atom. The first-order chi connectivity index (χ1) is 6.74. The largest absolute Gasteiger partial charge is 0.480 e. The molecule has 0 spiro atoms. The van der Waals surface area contributed by atoms with Crippen LogP contribution in [0.25, 0.3) is 0 Å². The molecule has 0 aliphatic carbocycles. The Bertz CT molecular complexity index is 204. The van der Waals surface area contributed by atoms with Crippen molar-refractivity contribution in [2.24, 2.45) is 5.92 Å². The highest BCUT2D eigenvalue weighted by Crippen LogP contribution is 2.25. The van der Waals surface area contributed by atoms with Gasteiger partial charge in [0.05, 0.1) is 0 Å². The maximum absolute atomic E-state index is 11.8. The quantitative estimate of drug-likeness (QED) is 0.729. The van der Waals surface area contributed by atoms with Crippen LogP contribution >= 0.6 is 11.8 Å². The van der Waals surface area contributed by atoms with E-state index in [9.17, 15) is 18.0 Å². The molecular formula is C9H15F3O2S. The molecular weight excluding hydrogens is 229 g/mol. The molecule has 1 N–H and O–H groups in total. The van der Waals surface area contributed by atoms with Gasteiger partial charge in [0, 0.05) is 6.42 Å².